The van der Waals surface area contributed by atoms with Gasteiger partial charge in [-0.3, -0.25) is 9.78 Å². The van der Waals surface area contributed by atoms with Crippen LogP contribution in [0.4, 0.5) is 13.2 Å². The summed E-state index contributed by atoms with van der Waals surface area (Å²) >= 11 is 0. The molecule has 0 fully saturated rings. The summed E-state index contributed by atoms with van der Waals surface area (Å²) in [5, 5.41) is 0. The molecule has 6 heteroatoms. The second kappa shape index (κ2) is 4.42. The first-order valence-corrected chi connectivity index (χ1v) is 4.37. The zero-order valence-electron chi connectivity index (χ0n) is 8.34. The number of Topliss-reactive ketones (excluding diaryl/α,β-unsaturated/α-hetero) is 1. The third-order valence-electron chi connectivity index (χ3n) is 1.93. The van der Waals surface area contributed by atoms with E-state index in [-0.39, 0.29) is 17.7 Å². The van der Waals surface area contributed by atoms with Gasteiger partial charge < -0.3 is 4.79 Å². The first kappa shape index (κ1) is 12.4. The Labute approximate surface area is 89.3 Å². The molecule has 0 bridgehead atoms. The van der Waals surface area contributed by atoms with Gasteiger partial charge in [-0.1, -0.05) is 0 Å². The van der Waals surface area contributed by atoms with Crippen molar-refractivity contribution in [3.63, 3.8) is 0 Å². The Balaban J connectivity index is 3.27. The monoisotopic (exact) mass is 231 g/mol. The molecule has 1 heterocycles. The number of hydrogen-bond donors (Lipinski definition) is 0. The highest BCUT2D eigenvalue weighted by Gasteiger charge is 2.31. The van der Waals surface area contributed by atoms with Gasteiger partial charge in [0, 0.05) is 19.5 Å². The van der Waals surface area contributed by atoms with Gasteiger partial charge in [-0.2, -0.15) is 13.2 Å². The van der Waals surface area contributed by atoms with E-state index < -0.39 is 17.5 Å². The Morgan fingerprint density at radius 3 is 2.56 bits per heavy atom. The molecule has 0 N–H and O–H groups in total. The van der Waals surface area contributed by atoms with Crippen LogP contribution in [-0.4, -0.2) is 17.1 Å². The summed E-state index contributed by atoms with van der Waals surface area (Å²) < 4.78 is 37.0. The van der Waals surface area contributed by atoms with E-state index in [0.29, 0.717) is 12.5 Å². The van der Waals surface area contributed by atoms with E-state index in [1.165, 1.54) is 6.92 Å². The topological polar surface area (TPSA) is 47.0 Å². The van der Waals surface area contributed by atoms with Crippen molar-refractivity contribution >= 4 is 12.1 Å². The minimum atomic E-state index is -4.53. The Hall–Kier alpha value is -1.72. The van der Waals surface area contributed by atoms with Crippen LogP contribution in [-0.2, 0) is 17.4 Å². The number of carbonyl (C=O) groups excluding carboxylic acids is 2. The number of alkyl halides is 3. The van der Waals surface area contributed by atoms with Gasteiger partial charge >= 0.3 is 6.18 Å². The van der Waals surface area contributed by atoms with Crippen molar-refractivity contribution in [2.45, 2.75) is 19.5 Å². The molecule has 0 atom stereocenters. The van der Waals surface area contributed by atoms with Crippen molar-refractivity contribution in [2.75, 3.05) is 0 Å². The zero-order valence-corrected chi connectivity index (χ0v) is 8.34. The number of ketones is 1. The quantitative estimate of drug-likeness (QED) is 0.590. The minimum absolute atomic E-state index is 0.00248. The summed E-state index contributed by atoms with van der Waals surface area (Å²) in [6, 6.07) is 0.776. The Kier molecular flexibility index (Phi) is 3.41. The molecule has 1 rings (SSSR count). The van der Waals surface area contributed by atoms with E-state index in [9.17, 15) is 22.8 Å². The highest BCUT2D eigenvalue weighted by molar-refractivity contribution is 5.94. The third kappa shape index (κ3) is 2.65. The molecule has 0 aromatic carbocycles. The summed E-state index contributed by atoms with van der Waals surface area (Å²) in [6.45, 7) is 1.18. The summed E-state index contributed by atoms with van der Waals surface area (Å²) in [5.74, 6) is -0.467. The van der Waals surface area contributed by atoms with Gasteiger partial charge in [-0.05, 0) is 11.6 Å². The van der Waals surface area contributed by atoms with Crippen LogP contribution in [0, 0.1) is 0 Å². The molecule has 16 heavy (non-hydrogen) atoms. The van der Waals surface area contributed by atoms with Gasteiger partial charge in [0.1, 0.15) is 12.0 Å². The Morgan fingerprint density at radius 2 is 2.12 bits per heavy atom. The standard InChI is InChI=1S/C10H8F3NO2/c1-6(16)9-7(2-3-15)4-8(5-14-9)10(11,12)13/h3-5H,2H2,1H3. The fourth-order valence-electron chi connectivity index (χ4n) is 1.23. The van der Waals surface area contributed by atoms with Crippen molar-refractivity contribution in [1.29, 1.82) is 0 Å². The van der Waals surface area contributed by atoms with E-state index in [1.807, 2.05) is 0 Å². The average Bonchev–Trinajstić information content (AvgIpc) is 2.16. The van der Waals surface area contributed by atoms with Crippen molar-refractivity contribution in [3.8, 4) is 0 Å². The molecule has 0 aliphatic carbocycles. The zero-order chi connectivity index (χ0) is 12.3. The van der Waals surface area contributed by atoms with Crippen molar-refractivity contribution in [1.82, 2.24) is 4.98 Å². The molecule has 3 nitrogen and oxygen atoms in total. The van der Waals surface area contributed by atoms with Crippen LogP contribution >= 0.6 is 0 Å². The van der Waals surface area contributed by atoms with Crippen LogP contribution in [0.2, 0.25) is 0 Å². The maximum Gasteiger partial charge on any atom is 0.417 e. The van der Waals surface area contributed by atoms with Crippen LogP contribution in [0.5, 0.6) is 0 Å². The molecule has 86 valence electrons. The predicted molar refractivity (Wildman–Crippen MR) is 49.0 cm³/mol. The van der Waals surface area contributed by atoms with E-state index in [0.717, 1.165) is 6.07 Å². The highest BCUT2D eigenvalue weighted by Crippen LogP contribution is 2.29. The number of hydrogen-bond acceptors (Lipinski definition) is 3. The summed E-state index contributed by atoms with van der Waals surface area (Å²) in [4.78, 5) is 24.8. The molecular formula is C10H8F3NO2. The van der Waals surface area contributed by atoms with Gasteiger partial charge in [-0.15, -0.1) is 0 Å². The third-order valence-corrected chi connectivity index (χ3v) is 1.93. The molecular weight excluding hydrogens is 223 g/mol. The van der Waals surface area contributed by atoms with Crippen molar-refractivity contribution in [3.05, 3.63) is 29.1 Å². The molecule has 0 amide bonds. The molecule has 0 saturated carbocycles. The van der Waals surface area contributed by atoms with Gasteiger partial charge in [0.25, 0.3) is 0 Å². The molecule has 1 aromatic rings. The molecule has 0 aliphatic rings. The normalized spacial score (nSPS) is 11.2. The lowest BCUT2D eigenvalue weighted by Crippen LogP contribution is -2.11. The van der Waals surface area contributed by atoms with Crippen molar-refractivity contribution in [2.24, 2.45) is 0 Å². The average molecular weight is 231 g/mol. The smallest absolute Gasteiger partial charge is 0.303 e. The molecule has 0 spiro atoms. The fourth-order valence-corrected chi connectivity index (χ4v) is 1.23. The second-order valence-corrected chi connectivity index (χ2v) is 3.16. The van der Waals surface area contributed by atoms with Crippen LogP contribution in [0.1, 0.15) is 28.5 Å². The van der Waals surface area contributed by atoms with Gasteiger partial charge in [0.05, 0.1) is 5.56 Å². The number of aldehydes is 1. The first-order chi connectivity index (χ1) is 7.36. The Morgan fingerprint density at radius 1 is 1.50 bits per heavy atom. The molecule has 0 radical (unpaired) electrons. The summed E-state index contributed by atoms with van der Waals surface area (Å²) in [7, 11) is 0. The number of rotatable bonds is 3. The number of carbonyl (C=O) groups is 2. The van der Waals surface area contributed by atoms with E-state index in [1.54, 1.807) is 0 Å². The summed E-state index contributed by atoms with van der Waals surface area (Å²) in [6.07, 6.45) is -3.76. The van der Waals surface area contributed by atoms with E-state index in [4.69, 9.17) is 0 Å². The van der Waals surface area contributed by atoms with E-state index in [2.05, 4.69) is 4.98 Å². The lowest BCUT2D eigenvalue weighted by atomic mass is 10.1. The van der Waals surface area contributed by atoms with Crippen LogP contribution in [0.25, 0.3) is 0 Å². The largest absolute Gasteiger partial charge is 0.417 e. The molecule has 0 saturated heterocycles. The molecule has 0 unspecified atom stereocenters. The van der Waals surface area contributed by atoms with Crippen LogP contribution in [0.15, 0.2) is 12.3 Å². The van der Waals surface area contributed by atoms with Crippen molar-refractivity contribution < 1.29 is 22.8 Å². The first-order valence-electron chi connectivity index (χ1n) is 4.37. The van der Waals surface area contributed by atoms with Gasteiger partial charge in [0.15, 0.2) is 5.78 Å². The van der Waals surface area contributed by atoms with Gasteiger partial charge in [0.2, 0.25) is 0 Å². The second-order valence-electron chi connectivity index (χ2n) is 3.16. The lowest BCUT2D eigenvalue weighted by Gasteiger charge is -2.09. The maximum atomic E-state index is 12.3. The lowest BCUT2D eigenvalue weighted by molar-refractivity contribution is -0.138. The Bertz CT molecular complexity index is 427. The summed E-state index contributed by atoms with van der Waals surface area (Å²) in [5.41, 5.74) is -1.06. The highest BCUT2D eigenvalue weighted by atomic mass is 19.4. The predicted octanol–water partition coefficient (Wildman–Crippen LogP) is 2.04. The number of aromatic nitrogens is 1. The van der Waals surface area contributed by atoms with Crippen LogP contribution in [0.3, 0.4) is 0 Å². The van der Waals surface area contributed by atoms with E-state index >= 15 is 0 Å². The molecule has 1 aromatic heterocycles. The maximum absolute atomic E-state index is 12.3. The minimum Gasteiger partial charge on any atom is -0.303 e. The van der Waals surface area contributed by atoms with Crippen LogP contribution < -0.4 is 0 Å². The number of nitrogens with zero attached hydrogens (tertiary/aromatic N) is 1. The fraction of sp³-hybridized carbons (Fsp3) is 0.300. The number of pyridine rings is 1. The molecule has 0 aliphatic heterocycles. The van der Waals surface area contributed by atoms with Gasteiger partial charge in [-0.25, -0.2) is 0 Å². The SMILES string of the molecule is CC(=O)c1ncc(C(F)(F)F)cc1CC=O. The number of halogens is 3.